The van der Waals surface area contributed by atoms with Crippen molar-refractivity contribution in [2.75, 3.05) is 26.8 Å². The lowest BCUT2D eigenvalue weighted by Crippen LogP contribution is -2.50. The number of nitriles is 1. The molecule has 0 aromatic carbocycles. The van der Waals surface area contributed by atoms with E-state index < -0.39 is 5.54 Å². The summed E-state index contributed by atoms with van der Waals surface area (Å²) >= 11 is 0. The summed E-state index contributed by atoms with van der Waals surface area (Å²) in [5.41, 5.74) is 5.00. The van der Waals surface area contributed by atoms with Crippen LogP contribution in [0.25, 0.3) is 0 Å². The highest BCUT2D eigenvalue weighted by atomic mass is 16.5. The van der Waals surface area contributed by atoms with Gasteiger partial charge in [0, 0.05) is 19.7 Å². The van der Waals surface area contributed by atoms with E-state index >= 15 is 0 Å². The van der Waals surface area contributed by atoms with Gasteiger partial charge < -0.3 is 10.5 Å². The summed E-state index contributed by atoms with van der Waals surface area (Å²) in [6.45, 7) is 7.98. The fourth-order valence-corrected chi connectivity index (χ4v) is 1.38. The number of rotatable bonds is 6. The van der Waals surface area contributed by atoms with Gasteiger partial charge in [-0.1, -0.05) is 6.92 Å². The SMILES string of the molecule is CCN(CC(C)(N)C#N)C(C)COC. The van der Waals surface area contributed by atoms with E-state index in [-0.39, 0.29) is 0 Å². The van der Waals surface area contributed by atoms with Crippen molar-refractivity contribution in [3.63, 3.8) is 0 Å². The quantitative estimate of drug-likeness (QED) is 0.680. The Morgan fingerprint density at radius 3 is 2.57 bits per heavy atom. The van der Waals surface area contributed by atoms with Crippen molar-refractivity contribution in [2.45, 2.75) is 32.4 Å². The molecule has 2 N–H and O–H groups in total. The fraction of sp³-hybridized carbons (Fsp3) is 0.900. The van der Waals surface area contributed by atoms with E-state index in [1.54, 1.807) is 14.0 Å². The Balaban J connectivity index is 4.23. The van der Waals surface area contributed by atoms with Gasteiger partial charge in [-0.15, -0.1) is 0 Å². The number of nitrogens with two attached hydrogens (primary N) is 1. The Labute approximate surface area is 86.6 Å². The fourth-order valence-electron chi connectivity index (χ4n) is 1.38. The molecule has 0 fully saturated rings. The summed E-state index contributed by atoms with van der Waals surface area (Å²) in [6, 6.07) is 2.39. The number of hydrogen-bond donors (Lipinski definition) is 1. The molecule has 2 atom stereocenters. The largest absolute Gasteiger partial charge is 0.383 e. The van der Waals surface area contributed by atoms with Gasteiger partial charge in [0.05, 0.1) is 12.7 Å². The molecule has 4 nitrogen and oxygen atoms in total. The maximum Gasteiger partial charge on any atom is 0.114 e. The lowest BCUT2D eigenvalue weighted by molar-refractivity contribution is 0.0944. The Bertz CT molecular complexity index is 198. The van der Waals surface area contributed by atoms with E-state index in [2.05, 4.69) is 24.8 Å². The van der Waals surface area contributed by atoms with Crippen molar-refractivity contribution in [1.82, 2.24) is 4.90 Å². The molecule has 0 heterocycles. The van der Waals surface area contributed by atoms with Gasteiger partial charge in [-0.25, -0.2) is 0 Å². The molecular formula is C10H21N3O. The number of methoxy groups -OCH3 is 1. The molecule has 0 aromatic rings. The molecule has 14 heavy (non-hydrogen) atoms. The summed E-state index contributed by atoms with van der Waals surface area (Å²) < 4.78 is 5.07. The van der Waals surface area contributed by atoms with Crippen LogP contribution in [0.3, 0.4) is 0 Å². The predicted octanol–water partition coefficient (Wildman–Crippen LogP) is 0.584. The third-order valence-corrected chi connectivity index (χ3v) is 2.22. The van der Waals surface area contributed by atoms with Gasteiger partial charge in [-0.3, -0.25) is 4.90 Å². The molecule has 0 aromatic heterocycles. The topological polar surface area (TPSA) is 62.3 Å². The average molecular weight is 199 g/mol. The zero-order valence-corrected chi connectivity index (χ0v) is 9.58. The zero-order chi connectivity index (χ0) is 11.2. The molecule has 0 amide bonds. The van der Waals surface area contributed by atoms with Crippen LogP contribution in [0, 0.1) is 11.3 Å². The van der Waals surface area contributed by atoms with Gasteiger partial charge in [0.15, 0.2) is 0 Å². The van der Waals surface area contributed by atoms with E-state index in [0.717, 1.165) is 6.54 Å². The smallest absolute Gasteiger partial charge is 0.114 e. The molecule has 0 radical (unpaired) electrons. The molecule has 0 saturated carbocycles. The number of hydrogen-bond acceptors (Lipinski definition) is 4. The number of likely N-dealkylation sites (N-methyl/N-ethyl adjacent to an activating group) is 1. The first-order valence-electron chi connectivity index (χ1n) is 4.90. The van der Waals surface area contributed by atoms with E-state index in [1.807, 2.05) is 0 Å². The minimum absolute atomic E-state index is 0.293. The first-order chi connectivity index (χ1) is 6.46. The van der Waals surface area contributed by atoms with Crippen LogP contribution in [0.5, 0.6) is 0 Å². The summed E-state index contributed by atoms with van der Waals surface area (Å²) in [5.74, 6) is 0. The highest BCUT2D eigenvalue weighted by Gasteiger charge is 2.23. The van der Waals surface area contributed by atoms with Crippen LogP contribution in [-0.4, -0.2) is 43.3 Å². The third kappa shape index (κ3) is 4.56. The van der Waals surface area contributed by atoms with E-state index in [0.29, 0.717) is 19.2 Å². The summed E-state index contributed by atoms with van der Waals surface area (Å²) in [5, 5.41) is 8.82. The molecule has 0 aliphatic heterocycles. The van der Waals surface area contributed by atoms with Gasteiger partial charge in [-0.2, -0.15) is 5.26 Å². The summed E-state index contributed by atoms with van der Waals surface area (Å²) in [4.78, 5) is 2.15. The Kier molecular flexibility index (Phi) is 5.70. The van der Waals surface area contributed by atoms with Crippen molar-refractivity contribution in [2.24, 2.45) is 5.73 Å². The van der Waals surface area contributed by atoms with Crippen molar-refractivity contribution in [3.05, 3.63) is 0 Å². The molecule has 2 unspecified atom stereocenters. The maximum atomic E-state index is 8.82. The monoisotopic (exact) mass is 199 g/mol. The van der Waals surface area contributed by atoms with Crippen LogP contribution >= 0.6 is 0 Å². The molecule has 0 rings (SSSR count). The van der Waals surface area contributed by atoms with Crippen LogP contribution in [0.1, 0.15) is 20.8 Å². The first kappa shape index (κ1) is 13.4. The molecule has 0 spiro atoms. The average Bonchev–Trinajstić information content (AvgIpc) is 2.14. The number of nitrogens with zero attached hydrogens (tertiary/aromatic N) is 2. The second-order valence-corrected chi connectivity index (χ2v) is 3.90. The lowest BCUT2D eigenvalue weighted by atomic mass is 10.0. The Morgan fingerprint density at radius 2 is 2.21 bits per heavy atom. The van der Waals surface area contributed by atoms with Crippen LogP contribution in [-0.2, 0) is 4.74 Å². The second-order valence-electron chi connectivity index (χ2n) is 3.90. The molecular weight excluding hydrogens is 178 g/mol. The molecule has 0 bridgehead atoms. The van der Waals surface area contributed by atoms with Gasteiger partial charge in [0.2, 0.25) is 0 Å². The zero-order valence-electron chi connectivity index (χ0n) is 9.58. The molecule has 0 aliphatic rings. The standard InChI is InChI=1S/C10H21N3O/c1-5-13(9(2)6-14-4)8-10(3,12)7-11/h9H,5-6,8,12H2,1-4H3. The van der Waals surface area contributed by atoms with Gasteiger partial charge >= 0.3 is 0 Å². The number of ether oxygens (including phenoxy) is 1. The van der Waals surface area contributed by atoms with Crippen LogP contribution in [0.15, 0.2) is 0 Å². The normalized spacial score (nSPS) is 17.5. The Hall–Kier alpha value is -0.630. The van der Waals surface area contributed by atoms with Crippen molar-refractivity contribution >= 4 is 0 Å². The van der Waals surface area contributed by atoms with Crippen LogP contribution in [0.4, 0.5) is 0 Å². The van der Waals surface area contributed by atoms with Crippen LogP contribution < -0.4 is 5.73 Å². The summed E-state index contributed by atoms with van der Waals surface area (Å²) in [6.07, 6.45) is 0. The maximum absolute atomic E-state index is 8.82. The molecule has 0 aliphatic carbocycles. The van der Waals surface area contributed by atoms with Crippen molar-refractivity contribution in [1.29, 1.82) is 5.26 Å². The van der Waals surface area contributed by atoms with E-state index in [4.69, 9.17) is 15.7 Å². The van der Waals surface area contributed by atoms with Gasteiger partial charge in [0.25, 0.3) is 0 Å². The van der Waals surface area contributed by atoms with Crippen LogP contribution in [0.2, 0.25) is 0 Å². The highest BCUT2D eigenvalue weighted by molar-refractivity contribution is 5.03. The lowest BCUT2D eigenvalue weighted by Gasteiger charge is -2.31. The van der Waals surface area contributed by atoms with Gasteiger partial charge in [-0.05, 0) is 20.4 Å². The van der Waals surface area contributed by atoms with E-state index in [1.165, 1.54) is 0 Å². The molecule has 82 valence electrons. The highest BCUT2D eigenvalue weighted by Crippen LogP contribution is 2.06. The van der Waals surface area contributed by atoms with Gasteiger partial charge in [0.1, 0.15) is 5.54 Å². The minimum atomic E-state index is -0.780. The predicted molar refractivity (Wildman–Crippen MR) is 56.8 cm³/mol. The molecule has 0 saturated heterocycles. The molecule has 4 heteroatoms. The Morgan fingerprint density at radius 1 is 1.64 bits per heavy atom. The van der Waals surface area contributed by atoms with E-state index in [9.17, 15) is 0 Å². The first-order valence-corrected chi connectivity index (χ1v) is 4.90. The van der Waals surface area contributed by atoms with Crippen molar-refractivity contribution in [3.8, 4) is 6.07 Å². The second kappa shape index (κ2) is 5.97. The van der Waals surface area contributed by atoms with Crippen molar-refractivity contribution < 1.29 is 4.74 Å². The third-order valence-electron chi connectivity index (χ3n) is 2.22. The minimum Gasteiger partial charge on any atom is -0.383 e. The summed E-state index contributed by atoms with van der Waals surface area (Å²) in [7, 11) is 1.68.